The van der Waals surface area contributed by atoms with Crippen LogP contribution in [0, 0.1) is 12.8 Å². The van der Waals surface area contributed by atoms with E-state index in [9.17, 15) is 9.59 Å². The molecule has 0 radical (unpaired) electrons. The molecule has 1 aliphatic carbocycles. The van der Waals surface area contributed by atoms with Crippen LogP contribution in [0.5, 0.6) is 0 Å². The van der Waals surface area contributed by atoms with Crippen LogP contribution in [0.2, 0.25) is 0 Å². The first-order valence-corrected chi connectivity index (χ1v) is 8.84. The third kappa shape index (κ3) is 2.95. The summed E-state index contributed by atoms with van der Waals surface area (Å²) in [5.41, 5.74) is 0.542. The molecule has 2 aromatic rings. The Morgan fingerprint density at radius 2 is 2.22 bits per heavy atom. The van der Waals surface area contributed by atoms with Gasteiger partial charge in [0.25, 0.3) is 5.56 Å². The second kappa shape index (κ2) is 5.59. The van der Waals surface area contributed by atoms with Crippen molar-refractivity contribution in [3.63, 3.8) is 0 Å². The van der Waals surface area contributed by atoms with Gasteiger partial charge in [-0.2, -0.15) is 4.52 Å². The minimum absolute atomic E-state index is 0.00257. The van der Waals surface area contributed by atoms with Crippen LogP contribution < -0.4 is 15.8 Å². The fourth-order valence-electron chi connectivity index (χ4n) is 2.95. The Hall–Kier alpha value is -1.96. The van der Waals surface area contributed by atoms with Crippen LogP contribution in [0.3, 0.4) is 0 Å². The molecule has 1 amide bonds. The lowest BCUT2D eigenvalue weighted by molar-refractivity contribution is -0.125. The molecular formula is C15H19N5O2S. The molecule has 23 heavy (non-hydrogen) atoms. The molecule has 8 heteroatoms. The number of hydrogen-bond acceptors (Lipinski definition) is 6. The molecule has 1 N–H and O–H groups in total. The number of aromatic nitrogens is 3. The van der Waals surface area contributed by atoms with E-state index in [-0.39, 0.29) is 17.4 Å². The Morgan fingerprint density at radius 1 is 1.39 bits per heavy atom. The van der Waals surface area contributed by atoms with E-state index < -0.39 is 0 Å². The van der Waals surface area contributed by atoms with E-state index in [1.54, 1.807) is 6.92 Å². The normalized spacial score (nSPS) is 21.6. The van der Waals surface area contributed by atoms with Gasteiger partial charge in [0.05, 0.1) is 5.92 Å². The van der Waals surface area contributed by atoms with Gasteiger partial charge in [0.2, 0.25) is 16.0 Å². The number of aryl methyl sites for hydroxylation is 1. The lowest BCUT2D eigenvalue weighted by Gasteiger charge is -2.31. The van der Waals surface area contributed by atoms with Crippen molar-refractivity contribution in [3.8, 4) is 0 Å². The van der Waals surface area contributed by atoms with Crippen LogP contribution in [0.1, 0.15) is 31.4 Å². The number of amides is 1. The highest BCUT2D eigenvalue weighted by molar-refractivity contribution is 7.20. The molecule has 1 saturated carbocycles. The maximum absolute atomic E-state index is 12.3. The van der Waals surface area contributed by atoms with Crippen LogP contribution in [0.4, 0.5) is 5.13 Å². The largest absolute Gasteiger partial charge is 0.353 e. The predicted molar refractivity (Wildman–Crippen MR) is 88.0 cm³/mol. The average Bonchev–Trinajstić information content (AvgIpc) is 3.23. The molecule has 2 aromatic heterocycles. The summed E-state index contributed by atoms with van der Waals surface area (Å²) >= 11 is 1.41. The minimum Gasteiger partial charge on any atom is -0.353 e. The smallest absolute Gasteiger partial charge is 0.275 e. The van der Waals surface area contributed by atoms with Crippen molar-refractivity contribution in [2.24, 2.45) is 5.92 Å². The SMILES string of the molecule is Cc1cc(=O)n2nc(N3CCCC(C(=O)NC4CC4)C3)sc2n1. The zero-order valence-corrected chi connectivity index (χ0v) is 13.8. The lowest BCUT2D eigenvalue weighted by atomic mass is 9.97. The van der Waals surface area contributed by atoms with Crippen molar-refractivity contribution in [3.05, 3.63) is 22.1 Å². The summed E-state index contributed by atoms with van der Waals surface area (Å²) < 4.78 is 1.35. The molecule has 7 nitrogen and oxygen atoms in total. The van der Waals surface area contributed by atoms with Crippen LogP contribution in [0.25, 0.3) is 4.96 Å². The highest BCUT2D eigenvalue weighted by Crippen LogP contribution is 2.28. The summed E-state index contributed by atoms with van der Waals surface area (Å²) in [6.45, 7) is 3.33. The Labute approximate surface area is 137 Å². The number of carbonyl (C=O) groups is 1. The van der Waals surface area contributed by atoms with Gasteiger partial charge in [0.15, 0.2) is 0 Å². The first kappa shape index (κ1) is 14.6. The molecule has 4 rings (SSSR count). The summed E-state index contributed by atoms with van der Waals surface area (Å²) in [4.78, 5) is 31.3. The van der Waals surface area contributed by atoms with Crippen LogP contribution in [0.15, 0.2) is 10.9 Å². The monoisotopic (exact) mass is 333 g/mol. The van der Waals surface area contributed by atoms with Crippen molar-refractivity contribution in [2.75, 3.05) is 18.0 Å². The van der Waals surface area contributed by atoms with E-state index in [1.807, 2.05) is 0 Å². The number of nitrogens with zero attached hydrogens (tertiary/aromatic N) is 4. The van der Waals surface area contributed by atoms with Gasteiger partial charge in [-0.1, -0.05) is 11.3 Å². The Kier molecular flexibility index (Phi) is 3.56. The number of anilines is 1. The third-order valence-corrected chi connectivity index (χ3v) is 5.32. The zero-order valence-electron chi connectivity index (χ0n) is 13.0. The van der Waals surface area contributed by atoms with Crippen molar-refractivity contribution >= 4 is 27.3 Å². The summed E-state index contributed by atoms with van der Waals surface area (Å²) in [6, 6.07) is 1.88. The van der Waals surface area contributed by atoms with Gasteiger partial charge in [0.1, 0.15) is 0 Å². The number of carbonyl (C=O) groups excluding carboxylic acids is 1. The quantitative estimate of drug-likeness (QED) is 0.905. The van der Waals surface area contributed by atoms with Crippen molar-refractivity contribution < 1.29 is 4.79 Å². The van der Waals surface area contributed by atoms with Gasteiger partial charge in [-0.15, -0.1) is 5.10 Å². The summed E-state index contributed by atoms with van der Waals surface area (Å²) in [6.07, 6.45) is 4.08. The van der Waals surface area contributed by atoms with Gasteiger partial charge < -0.3 is 10.2 Å². The van der Waals surface area contributed by atoms with Crippen LogP contribution in [-0.2, 0) is 4.79 Å². The summed E-state index contributed by atoms with van der Waals surface area (Å²) in [5.74, 6) is 0.159. The average molecular weight is 333 g/mol. The topological polar surface area (TPSA) is 79.6 Å². The molecule has 0 aromatic carbocycles. The number of rotatable bonds is 3. The highest BCUT2D eigenvalue weighted by Gasteiger charge is 2.31. The number of piperidine rings is 1. The molecule has 2 fully saturated rings. The molecule has 0 bridgehead atoms. The number of hydrogen-bond donors (Lipinski definition) is 1. The molecular weight excluding hydrogens is 314 g/mol. The van der Waals surface area contributed by atoms with E-state index in [4.69, 9.17) is 0 Å². The first-order valence-electron chi connectivity index (χ1n) is 8.03. The van der Waals surface area contributed by atoms with E-state index in [2.05, 4.69) is 20.3 Å². The van der Waals surface area contributed by atoms with E-state index in [0.717, 1.165) is 37.4 Å². The fourth-order valence-corrected chi connectivity index (χ4v) is 3.94. The van der Waals surface area contributed by atoms with Crippen molar-refractivity contribution in [1.29, 1.82) is 0 Å². The van der Waals surface area contributed by atoms with Gasteiger partial charge >= 0.3 is 0 Å². The standard InChI is InChI=1S/C15H19N5O2S/c1-9-7-12(21)20-14(16-9)23-15(18-20)19-6-2-3-10(8-19)13(22)17-11-4-5-11/h7,10-11H,2-6,8H2,1H3,(H,17,22). The molecule has 1 atom stereocenters. The maximum atomic E-state index is 12.3. The lowest BCUT2D eigenvalue weighted by Crippen LogP contribution is -2.43. The summed E-state index contributed by atoms with van der Waals surface area (Å²) in [5, 5.41) is 8.25. The van der Waals surface area contributed by atoms with E-state index in [1.165, 1.54) is 21.9 Å². The molecule has 1 unspecified atom stereocenters. The zero-order chi connectivity index (χ0) is 16.0. The molecule has 2 aliphatic rings. The Balaban J connectivity index is 1.56. The van der Waals surface area contributed by atoms with Crippen molar-refractivity contribution in [2.45, 2.75) is 38.6 Å². The van der Waals surface area contributed by atoms with Crippen molar-refractivity contribution in [1.82, 2.24) is 19.9 Å². The van der Waals surface area contributed by atoms with Gasteiger partial charge in [-0.25, -0.2) is 4.98 Å². The van der Waals surface area contributed by atoms with Gasteiger partial charge in [-0.05, 0) is 32.6 Å². The van der Waals surface area contributed by atoms with Gasteiger partial charge in [-0.3, -0.25) is 9.59 Å². The minimum atomic E-state index is -0.157. The van der Waals surface area contributed by atoms with Crippen LogP contribution in [-0.4, -0.2) is 39.6 Å². The molecule has 1 aliphatic heterocycles. The molecule has 3 heterocycles. The fraction of sp³-hybridized carbons (Fsp3) is 0.600. The number of nitrogens with one attached hydrogen (secondary N) is 1. The molecule has 122 valence electrons. The van der Waals surface area contributed by atoms with E-state index >= 15 is 0 Å². The third-order valence-electron chi connectivity index (χ3n) is 4.35. The second-order valence-electron chi connectivity index (χ2n) is 6.38. The second-order valence-corrected chi connectivity index (χ2v) is 7.32. The maximum Gasteiger partial charge on any atom is 0.275 e. The van der Waals surface area contributed by atoms with E-state index in [0.29, 0.717) is 23.2 Å². The Morgan fingerprint density at radius 3 is 3.00 bits per heavy atom. The first-order chi connectivity index (χ1) is 11.1. The Bertz CT molecular complexity index is 810. The number of fused-ring (bicyclic) bond motifs is 1. The van der Waals surface area contributed by atoms with Crippen LogP contribution >= 0.6 is 11.3 Å². The summed E-state index contributed by atoms with van der Waals surface area (Å²) in [7, 11) is 0. The molecule has 1 saturated heterocycles. The highest BCUT2D eigenvalue weighted by atomic mass is 32.1. The van der Waals surface area contributed by atoms with Gasteiger partial charge in [0, 0.05) is 30.9 Å². The predicted octanol–water partition coefficient (Wildman–Crippen LogP) is 0.954. The molecule has 0 spiro atoms.